The van der Waals surface area contributed by atoms with Crippen molar-refractivity contribution in [1.29, 1.82) is 0 Å². The Bertz CT molecular complexity index is 659. The van der Waals surface area contributed by atoms with Crippen LogP contribution in [-0.4, -0.2) is 40.8 Å². The molecule has 2 aromatic rings. The van der Waals surface area contributed by atoms with Crippen LogP contribution < -0.4 is 0 Å². The number of piperidine rings is 1. The van der Waals surface area contributed by atoms with E-state index in [9.17, 15) is 0 Å². The van der Waals surface area contributed by atoms with E-state index in [1.54, 1.807) is 0 Å². The van der Waals surface area contributed by atoms with Crippen LogP contribution in [0.3, 0.4) is 0 Å². The summed E-state index contributed by atoms with van der Waals surface area (Å²) in [7, 11) is 0. The van der Waals surface area contributed by atoms with Crippen LogP contribution >= 0.6 is 15.9 Å². The van der Waals surface area contributed by atoms with E-state index in [1.165, 1.54) is 11.3 Å². The van der Waals surface area contributed by atoms with Crippen molar-refractivity contribution < 1.29 is 4.74 Å². The molecule has 0 atom stereocenters. The predicted molar refractivity (Wildman–Crippen MR) is 97.8 cm³/mol. The minimum absolute atomic E-state index is 0.531. The zero-order valence-electron chi connectivity index (χ0n) is 13.6. The van der Waals surface area contributed by atoms with Crippen molar-refractivity contribution in [2.75, 3.05) is 26.3 Å². The monoisotopic (exact) mass is 377 g/mol. The molecule has 1 aromatic carbocycles. The molecular formula is C18H24BrN3O. The van der Waals surface area contributed by atoms with E-state index in [0.29, 0.717) is 5.92 Å². The van der Waals surface area contributed by atoms with Gasteiger partial charge in [0.1, 0.15) is 5.82 Å². The third kappa shape index (κ3) is 3.78. The summed E-state index contributed by atoms with van der Waals surface area (Å²) in [4.78, 5) is 9.24. The topological polar surface area (TPSA) is 30.3 Å². The van der Waals surface area contributed by atoms with Crippen molar-refractivity contribution in [3.8, 4) is 0 Å². The second-order valence-corrected chi connectivity index (χ2v) is 6.42. The van der Waals surface area contributed by atoms with E-state index in [1.807, 2.05) is 11.9 Å². The second-order valence-electron chi connectivity index (χ2n) is 5.89. The summed E-state index contributed by atoms with van der Waals surface area (Å²) in [6.45, 7) is 6.60. The molecule has 0 bridgehead atoms. The van der Waals surface area contributed by atoms with Gasteiger partial charge in [-0.15, -0.1) is 0 Å². The van der Waals surface area contributed by atoms with Crippen LogP contribution in [0.25, 0.3) is 11.0 Å². The number of imidazole rings is 1. The molecule has 0 radical (unpaired) electrons. The maximum absolute atomic E-state index is 5.58. The van der Waals surface area contributed by atoms with Gasteiger partial charge in [-0.3, -0.25) is 0 Å². The molecule has 2 heterocycles. The summed E-state index contributed by atoms with van der Waals surface area (Å²) >= 11 is 3.36. The second kappa shape index (κ2) is 7.97. The summed E-state index contributed by atoms with van der Waals surface area (Å²) in [6, 6.07) is 8.43. The molecule has 23 heavy (non-hydrogen) atoms. The van der Waals surface area contributed by atoms with Gasteiger partial charge in [0.25, 0.3) is 0 Å². The fourth-order valence-corrected chi connectivity index (χ4v) is 3.66. The molecule has 1 aliphatic rings. The Hall–Kier alpha value is -1.33. The first kappa shape index (κ1) is 16.5. The molecule has 1 saturated heterocycles. The van der Waals surface area contributed by atoms with Gasteiger partial charge in [0.2, 0.25) is 0 Å². The van der Waals surface area contributed by atoms with Crippen molar-refractivity contribution in [2.24, 2.45) is 0 Å². The lowest BCUT2D eigenvalue weighted by molar-refractivity contribution is 0.138. The van der Waals surface area contributed by atoms with Crippen molar-refractivity contribution in [1.82, 2.24) is 14.5 Å². The van der Waals surface area contributed by atoms with Crippen molar-refractivity contribution in [3.05, 3.63) is 41.3 Å². The van der Waals surface area contributed by atoms with Gasteiger partial charge < -0.3 is 14.2 Å². The van der Waals surface area contributed by atoms with Crippen molar-refractivity contribution in [3.63, 3.8) is 0 Å². The number of para-hydroxylation sites is 2. The van der Waals surface area contributed by atoms with Crippen molar-refractivity contribution in [2.45, 2.75) is 32.2 Å². The lowest BCUT2D eigenvalue weighted by Crippen LogP contribution is -2.29. The fourth-order valence-electron chi connectivity index (χ4n) is 3.33. The Balaban J connectivity index is 1.83. The molecule has 3 rings (SSSR count). The average Bonchev–Trinajstić information content (AvgIpc) is 2.95. The minimum atomic E-state index is 0.531. The normalized spacial score (nSPS) is 16.7. The molecule has 0 N–H and O–H groups in total. The number of nitrogens with zero attached hydrogens (tertiary/aromatic N) is 3. The molecule has 0 saturated carbocycles. The van der Waals surface area contributed by atoms with Gasteiger partial charge in [-0.25, -0.2) is 4.98 Å². The predicted octanol–water partition coefficient (Wildman–Crippen LogP) is 4.12. The van der Waals surface area contributed by atoms with Crippen LogP contribution in [0.2, 0.25) is 0 Å². The number of ether oxygens (including phenoxy) is 1. The molecule has 5 heteroatoms. The van der Waals surface area contributed by atoms with E-state index in [4.69, 9.17) is 9.72 Å². The summed E-state index contributed by atoms with van der Waals surface area (Å²) < 4.78 is 7.94. The van der Waals surface area contributed by atoms with Crippen LogP contribution in [-0.2, 0) is 11.3 Å². The molecule has 124 valence electrons. The Morgan fingerprint density at radius 3 is 2.83 bits per heavy atom. The maximum Gasteiger partial charge on any atom is 0.113 e. The van der Waals surface area contributed by atoms with Crippen LogP contribution in [0.15, 0.2) is 35.5 Å². The highest BCUT2D eigenvalue weighted by Gasteiger charge is 2.24. The average molecular weight is 378 g/mol. The summed E-state index contributed by atoms with van der Waals surface area (Å²) in [6.07, 6.45) is 4.42. The van der Waals surface area contributed by atoms with E-state index in [-0.39, 0.29) is 0 Å². The van der Waals surface area contributed by atoms with Gasteiger partial charge in [-0.05, 0) is 36.9 Å². The lowest BCUT2D eigenvalue weighted by Gasteiger charge is -2.31. The SMILES string of the molecule is CCOCCn1c(C2CCN(/C=C/Br)CC2)nc2ccccc21. The highest BCUT2D eigenvalue weighted by Crippen LogP contribution is 2.30. The third-order valence-electron chi connectivity index (χ3n) is 4.51. The molecule has 0 amide bonds. The quantitative estimate of drug-likeness (QED) is 0.709. The molecule has 1 aromatic heterocycles. The summed E-state index contributed by atoms with van der Waals surface area (Å²) in [5.74, 6) is 1.76. The highest BCUT2D eigenvalue weighted by atomic mass is 79.9. The number of benzene rings is 1. The van der Waals surface area contributed by atoms with E-state index in [2.05, 4.69) is 55.9 Å². The summed E-state index contributed by atoms with van der Waals surface area (Å²) in [5.41, 5.74) is 2.33. The zero-order valence-corrected chi connectivity index (χ0v) is 15.2. The van der Waals surface area contributed by atoms with E-state index in [0.717, 1.165) is 51.2 Å². The van der Waals surface area contributed by atoms with E-state index >= 15 is 0 Å². The fraction of sp³-hybridized carbons (Fsp3) is 0.500. The number of rotatable bonds is 6. The standard InChI is InChI=1S/C18H24BrN3O/c1-2-23-14-13-22-17-6-4-3-5-16(17)20-18(22)15-7-10-21(11-8-15)12-9-19/h3-6,9,12,15H,2,7-8,10-11,13-14H2,1H3/b12-9+. The molecular weight excluding hydrogens is 354 g/mol. The van der Waals surface area contributed by atoms with Crippen LogP contribution in [0, 0.1) is 0 Å². The lowest BCUT2D eigenvalue weighted by atomic mass is 9.96. The Morgan fingerprint density at radius 2 is 2.09 bits per heavy atom. The smallest absolute Gasteiger partial charge is 0.113 e. The number of hydrogen-bond acceptors (Lipinski definition) is 3. The van der Waals surface area contributed by atoms with Crippen LogP contribution in [0.4, 0.5) is 0 Å². The first-order chi connectivity index (χ1) is 11.3. The Morgan fingerprint density at radius 1 is 1.30 bits per heavy atom. The third-order valence-corrected chi connectivity index (χ3v) is 4.75. The first-order valence-corrected chi connectivity index (χ1v) is 9.29. The van der Waals surface area contributed by atoms with Gasteiger partial charge in [-0.2, -0.15) is 0 Å². The van der Waals surface area contributed by atoms with Gasteiger partial charge in [0, 0.05) is 38.4 Å². The maximum atomic E-state index is 5.58. The zero-order chi connectivity index (χ0) is 16.1. The van der Waals surface area contributed by atoms with Gasteiger partial charge in [0.05, 0.1) is 17.6 Å². The van der Waals surface area contributed by atoms with Gasteiger partial charge >= 0.3 is 0 Å². The number of halogens is 1. The molecule has 0 aliphatic carbocycles. The largest absolute Gasteiger partial charge is 0.380 e. The van der Waals surface area contributed by atoms with Crippen LogP contribution in [0.1, 0.15) is 31.5 Å². The first-order valence-electron chi connectivity index (χ1n) is 8.37. The number of likely N-dealkylation sites (tertiary alicyclic amines) is 1. The summed E-state index contributed by atoms with van der Waals surface area (Å²) in [5, 5.41) is 0. The Labute approximate surface area is 146 Å². The molecule has 4 nitrogen and oxygen atoms in total. The highest BCUT2D eigenvalue weighted by molar-refractivity contribution is 9.11. The Kier molecular flexibility index (Phi) is 5.73. The number of hydrogen-bond donors (Lipinski definition) is 0. The number of fused-ring (bicyclic) bond motifs is 1. The minimum Gasteiger partial charge on any atom is -0.380 e. The van der Waals surface area contributed by atoms with Crippen molar-refractivity contribution >= 4 is 27.0 Å². The number of aromatic nitrogens is 2. The molecule has 1 aliphatic heterocycles. The van der Waals surface area contributed by atoms with Gasteiger partial charge in [0.15, 0.2) is 0 Å². The molecule has 0 unspecified atom stereocenters. The molecule has 1 fully saturated rings. The molecule has 0 spiro atoms. The van der Waals surface area contributed by atoms with Crippen LogP contribution in [0.5, 0.6) is 0 Å². The van der Waals surface area contributed by atoms with Gasteiger partial charge in [-0.1, -0.05) is 28.1 Å². The van der Waals surface area contributed by atoms with E-state index < -0.39 is 0 Å².